The fraction of sp³-hybridized carbons (Fsp3) is 0.455. The van der Waals surface area contributed by atoms with Gasteiger partial charge >= 0.3 is 0 Å². The van der Waals surface area contributed by atoms with Crippen molar-refractivity contribution in [3.63, 3.8) is 0 Å². The number of nitrogens with one attached hydrogen (secondary N) is 1. The first-order valence-electron chi connectivity index (χ1n) is 5.21. The fourth-order valence-corrected chi connectivity index (χ4v) is 1.70. The normalized spacial score (nSPS) is 12.2. The first kappa shape index (κ1) is 14.1. The predicted octanol–water partition coefficient (Wildman–Crippen LogP) is 0.971. The molecule has 1 rings (SSSR count). The highest BCUT2D eigenvalue weighted by Gasteiger charge is 2.11. The Hall–Kier alpha value is -0.980. The molecule has 0 saturated carbocycles. The zero-order valence-electron chi connectivity index (χ0n) is 9.52. The Labute approximate surface area is 108 Å². The molecule has 0 radical (unpaired) electrons. The van der Waals surface area contributed by atoms with E-state index in [4.69, 9.17) is 4.74 Å². The number of nitrogens with zero attached hydrogens (tertiary/aromatic N) is 1. The van der Waals surface area contributed by atoms with Gasteiger partial charge in [-0.15, -0.1) is 0 Å². The highest BCUT2D eigenvalue weighted by molar-refractivity contribution is 9.10. The van der Waals surface area contributed by atoms with E-state index < -0.39 is 6.10 Å². The number of halogens is 1. The molecule has 0 spiro atoms. The number of hydrogen-bond donors (Lipinski definition) is 2. The highest BCUT2D eigenvalue weighted by atomic mass is 79.9. The van der Waals surface area contributed by atoms with Gasteiger partial charge in [0.1, 0.15) is 5.69 Å². The van der Waals surface area contributed by atoms with Crippen LogP contribution in [0.3, 0.4) is 0 Å². The molecular weight excluding hydrogens is 288 g/mol. The van der Waals surface area contributed by atoms with Crippen molar-refractivity contribution >= 4 is 21.8 Å². The lowest BCUT2D eigenvalue weighted by Gasteiger charge is -2.10. The molecule has 17 heavy (non-hydrogen) atoms. The average Bonchev–Trinajstić information content (AvgIpc) is 2.29. The number of aromatic nitrogens is 1. The second-order valence-corrected chi connectivity index (χ2v) is 4.34. The molecule has 0 bridgehead atoms. The van der Waals surface area contributed by atoms with Crippen molar-refractivity contribution in [1.29, 1.82) is 0 Å². The number of rotatable bonds is 6. The summed E-state index contributed by atoms with van der Waals surface area (Å²) in [5.41, 5.74) is 0.341. The quantitative estimate of drug-likeness (QED) is 0.821. The number of methoxy groups -OCH3 is 1. The maximum atomic E-state index is 11.7. The Bertz CT molecular complexity index is 373. The van der Waals surface area contributed by atoms with E-state index >= 15 is 0 Å². The van der Waals surface area contributed by atoms with Crippen molar-refractivity contribution < 1.29 is 14.6 Å². The minimum atomic E-state index is -0.563. The Kier molecular flexibility index (Phi) is 6.10. The van der Waals surface area contributed by atoms with Crippen LogP contribution in [0.15, 0.2) is 22.8 Å². The summed E-state index contributed by atoms with van der Waals surface area (Å²) in [7, 11) is 1.52. The Morgan fingerprint density at radius 2 is 2.47 bits per heavy atom. The van der Waals surface area contributed by atoms with Gasteiger partial charge in [-0.05, 0) is 34.5 Å². The smallest absolute Gasteiger partial charge is 0.271 e. The van der Waals surface area contributed by atoms with Gasteiger partial charge in [0.25, 0.3) is 5.91 Å². The molecule has 0 aliphatic heterocycles. The Morgan fingerprint density at radius 1 is 1.71 bits per heavy atom. The van der Waals surface area contributed by atoms with Gasteiger partial charge in [0.05, 0.1) is 12.7 Å². The largest absolute Gasteiger partial charge is 0.391 e. The molecule has 0 aliphatic rings. The van der Waals surface area contributed by atoms with Crippen molar-refractivity contribution in [1.82, 2.24) is 10.3 Å². The summed E-state index contributed by atoms with van der Waals surface area (Å²) in [6, 6.07) is 3.49. The van der Waals surface area contributed by atoms with E-state index in [0.29, 0.717) is 23.1 Å². The van der Waals surface area contributed by atoms with E-state index in [1.54, 1.807) is 18.3 Å². The summed E-state index contributed by atoms with van der Waals surface area (Å²) >= 11 is 3.25. The lowest BCUT2D eigenvalue weighted by molar-refractivity contribution is 0.0587. The second kappa shape index (κ2) is 7.37. The molecule has 2 N–H and O–H groups in total. The molecule has 0 aliphatic carbocycles. The summed E-state index contributed by atoms with van der Waals surface area (Å²) in [5, 5.41) is 12.1. The average molecular weight is 303 g/mol. The molecule has 1 unspecified atom stereocenters. The topological polar surface area (TPSA) is 71.5 Å². The maximum Gasteiger partial charge on any atom is 0.271 e. The standard InChI is InChI=1S/C11H15BrN2O3/c1-17-7-8(15)4-6-14-11(16)10-9(12)3-2-5-13-10/h2-3,5,8,15H,4,6-7H2,1H3,(H,14,16). The number of pyridine rings is 1. The van der Waals surface area contributed by atoms with E-state index in [0.717, 1.165) is 0 Å². The van der Waals surface area contributed by atoms with E-state index in [9.17, 15) is 9.90 Å². The zero-order chi connectivity index (χ0) is 12.7. The van der Waals surface area contributed by atoms with Crippen molar-refractivity contribution in [2.45, 2.75) is 12.5 Å². The van der Waals surface area contributed by atoms with Crippen LogP contribution < -0.4 is 5.32 Å². The van der Waals surface area contributed by atoms with Gasteiger partial charge < -0.3 is 15.2 Å². The molecule has 1 amide bonds. The van der Waals surface area contributed by atoms with Crippen LogP contribution in [-0.2, 0) is 4.74 Å². The van der Waals surface area contributed by atoms with Crippen molar-refractivity contribution in [2.75, 3.05) is 20.3 Å². The summed E-state index contributed by atoms with van der Waals surface area (Å²) in [4.78, 5) is 15.7. The van der Waals surface area contributed by atoms with Crippen LogP contribution in [0.1, 0.15) is 16.9 Å². The summed E-state index contributed by atoms with van der Waals surface area (Å²) in [5.74, 6) is -0.262. The molecule has 1 aromatic rings. The van der Waals surface area contributed by atoms with Gasteiger partial charge in [0.15, 0.2) is 0 Å². The first-order valence-corrected chi connectivity index (χ1v) is 6.00. The molecule has 0 fully saturated rings. The molecular formula is C11H15BrN2O3. The lowest BCUT2D eigenvalue weighted by atomic mass is 10.2. The number of carbonyl (C=O) groups excluding carboxylic acids is 1. The third kappa shape index (κ3) is 4.80. The number of aliphatic hydroxyl groups is 1. The van der Waals surface area contributed by atoms with Crippen LogP contribution in [0.25, 0.3) is 0 Å². The molecule has 0 aromatic carbocycles. The zero-order valence-corrected chi connectivity index (χ0v) is 11.1. The van der Waals surface area contributed by atoms with E-state index in [1.165, 1.54) is 7.11 Å². The minimum absolute atomic E-state index is 0.262. The summed E-state index contributed by atoms with van der Waals surface area (Å²) < 4.78 is 5.43. The maximum absolute atomic E-state index is 11.7. The van der Waals surface area contributed by atoms with Gasteiger partial charge in [-0.1, -0.05) is 0 Å². The molecule has 5 nitrogen and oxygen atoms in total. The molecule has 6 heteroatoms. The number of aliphatic hydroxyl groups excluding tert-OH is 1. The molecule has 1 heterocycles. The van der Waals surface area contributed by atoms with Gasteiger partial charge in [0, 0.05) is 24.3 Å². The van der Waals surface area contributed by atoms with Gasteiger partial charge in [-0.3, -0.25) is 4.79 Å². The third-order valence-electron chi connectivity index (χ3n) is 2.10. The van der Waals surface area contributed by atoms with Crippen molar-refractivity contribution in [3.05, 3.63) is 28.5 Å². The molecule has 94 valence electrons. The third-order valence-corrected chi connectivity index (χ3v) is 2.74. The van der Waals surface area contributed by atoms with Crippen LogP contribution >= 0.6 is 15.9 Å². The van der Waals surface area contributed by atoms with Crippen LogP contribution in [0.4, 0.5) is 0 Å². The number of hydrogen-bond acceptors (Lipinski definition) is 4. The van der Waals surface area contributed by atoms with Gasteiger partial charge in [-0.25, -0.2) is 4.98 Å². The van der Waals surface area contributed by atoms with Crippen LogP contribution in [0, 0.1) is 0 Å². The minimum Gasteiger partial charge on any atom is -0.391 e. The van der Waals surface area contributed by atoms with E-state index in [1.807, 2.05) is 0 Å². The molecule has 0 saturated heterocycles. The van der Waals surface area contributed by atoms with E-state index in [-0.39, 0.29) is 12.5 Å². The van der Waals surface area contributed by atoms with Crippen molar-refractivity contribution in [2.24, 2.45) is 0 Å². The highest BCUT2D eigenvalue weighted by Crippen LogP contribution is 2.12. The SMILES string of the molecule is COCC(O)CCNC(=O)c1ncccc1Br. The Morgan fingerprint density at radius 3 is 3.12 bits per heavy atom. The summed E-state index contributed by atoms with van der Waals surface area (Å²) in [6.45, 7) is 0.648. The number of carbonyl (C=O) groups is 1. The number of amides is 1. The van der Waals surface area contributed by atoms with Gasteiger partial charge in [-0.2, -0.15) is 0 Å². The Balaban J connectivity index is 2.38. The van der Waals surface area contributed by atoms with Gasteiger partial charge in [0.2, 0.25) is 0 Å². The van der Waals surface area contributed by atoms with Crippen LogP contribution in [0.2, 0.25) is 0 Å². The summed E-state index contributed by atoms with van der Waals surface area (Å²) in [6.07, 6.45) is 1.44. The van der Waals surface area contributed by atoms with E-state index in [2.05, 4.69) is 26.2 Å². The monoisotopic (exact) mass is 302 g/mol. The van der Waals surface area contributed by atoms with Crippen LogP contribution in [0.5, 0.6) is 0 Å². The lowest BCUT2D eigenvalue weighted by Crippen LogP contribution is -2.29. The van der Waals surface area contributed by atoms with Crippen molar-refractivity contribution in [3.8, 4) is 0 Å². The van der Waals surface area contributed by atoms with Crippen LogP contribution in [-0.4, -0.2) is 42.4 Å². The second-order valence-electron chi connectivity index (χ2n) is 3.49. The number of ether oxygens (including phenoxy) is 1. The molecule has 1 atom stereocenters. The predicted molar refractivity (Wildman–Crippen MR) is 66.8 cm³/mol. The molecule has 1 aromatic heterocycles. The fourth-order valence-electron chi connectivity index (χ4n) is 1.26. The first-order chi connectivity index (χ1) is 8.15.